The Morgan fingerprint density at radius 3 is 2.67 bits per heavy atom. The Kier molecular flexibility index (Phi) is 5.36. The van der Waals surface area contributed by atoms with Crippen molar-refractivity contribution in [3.63, 3.8) is 0 Å². The molecule has 0 aliphatic rings. The lowest BCUT2D eigenvalue weighted by molar-refractivity contribution is -0.138. The van der Waals surface area contributed by atoms with Crippen molar-refractivity contribution in [2.24, 2.45) is 0 Å². The zero-order valence-corrected chi connectivity index (χ0v) is 12.5. The van der Waals surface area contributed by atoms with Crippen LogP contribution < -0.4 is 5.32 Å². The van der Waals surface area contributed by atoms with Gasteiger partial charge in [-0.2, -0.15) is 13.2 Å². The number of nitrogens with one attached hydrogen (secondary N) is 1. The molecular weight excluding hydrogens is 297 g/mol. The molecule has 1 unspecified atom stereocenters. The first-order valence-electron chi connectivity index (χ1n) is 6.79. The standard InChI is InChI=1S/C15H17F3N2S/c1-2-7-20-14(8-11-9-19-10-21-11)12-5-3-4-6-13(12)15(16,17)18/h3-6,9-10,14,20H,2,7-8H2,1H3. The maximum absolute atomic E-state index is 13.2. The SMILES string of the molecule is CCCNC(Cc1cncs1)c1ccccc1C(F)(F)F. The fourth-order valence-corrected chi connectivity index (χ4v) is 2.86. The second kappa shape index (κ2) is 7.04. The number of benzene rings is 1. The third-order valence-electron chi connectivity index (χ3n) is 3.17. The molecule has 0 radical (unpaired) electrons. The van der Waals surface area contributed by atoms with Crippen molar-refractivity contribution in [3.05, 3.63) is 52.0 Å². The maximum atomic E-state index is 13.2. The lowest BCUT2D eigenvalue weighted by Gasteiger charge is -2.22. The molecule has 114 valence electrons. The maximum Gasteiger partial charge on any atom is 0.416 e. The summed E-state index contributed by atoms with van der Waals surface area (Å²) in [7, 11) is 0. The fraction of sp³-hybridized carbons (Fsp3) is 0.400. The van der Waals surface area contributed by atoms with Gasteiger partial charge in [-0.05, 0) is 24.6 Å². The Morgan fingerprint density at radius 2 is 2.05 bits per heavy atom. The van der Waals surface area contributed by atoms with Gasteiger partial charge in [-0.25, -0.2) is 0 Å². The van der Waals surface area contributed by atoms with Crippen LogP contribution in [0.2, 0.25) is 0 Å². The van der Waals surface area contributed by atoms with Gasteiger partial charge < -0.3 is 5.32 Å². The minimum Gasteiger partial charge on any atom is -0.310 e. The van der Waals surface area contributed by atoms with Crippen LogP contribution >= 0.6 is 11.3 Å². The van der Waals surface area contributed by atoms with Crippen LogP contribution in [0.25, 0.3) is 0 Å². The quantitative estimate of drug-likeness (QED) is 0.852. The van der Waals surface area contributed by atoms with Crippen LogP contribution in [0, 0.1) is 0 Å². The highest BCUT2D eigenvalue weighted by Gasteiger charge is 2.34. The Balaban J connectivity index is 2.32. The number of rotatable bonds is 6. The van der Waals surface area contributed by atoms with Crippen LogP contribution in [0.3, 0.4) is 0 Å². The van der Waals surface area contributed by atoms with Gasteiger partial charge in [-0.1, -0.05) is 25.1 Å². The smallest absolute Gasteiger partial charge is 0.310 e. The molecule has 0 amide bonds. The molecule has 0 aliphatic carbocycles. The first-order valence-corrected chi connectivity index (χ1v) is 7.67. The van der Waals surface area contributed by atoms with E-state index in [9.17, 15) is 13.2 Å². The van der Waals surface area contributed by atoms with Crippen molar-refractivity contribution < 1.29 is 13.2 Å². The Labute approximate surface area is 126 Å². The van der Waals surface area contributed by atoms with E-state index in [2.05, 4.69) is 10.3 Å². The van der Waals surface area contributed by atoms with Crippen LogP contribution in [0.1, 0.15) is 35.4 Å². The average Bonchev–Trinajstić information content (AvgIpc) is 2.95. The molecule has 1 N–H and O–H groups in total. The predicted molar refractivity (Wildman–Crippen MR) is 78.3 cm³/mol. The van der Waals surface area contributed by atoms with Crippen molar-refractivity contribution in [1.29, 1.82) is 0 Å². The van der Waals surface area contributed by atoms with Gasteiger partial charge in [-0.15, -0.1) is 11.3 Å². The number of hydrogen-bond donors (Lipinski definition) is 1. The minimum absolute atomic E-state index is 0.298. The molecule has 1 aromatic heterocycles. The summed E-state index contributed by atoms with van der Waals surface area (Å²) < 4.78 is 39.5. The van der Waals surface area contributed by atoms with Gasteiger partial charge in [0.05, 0.1) is 11.1 Å². The number of halogens is 3. The number of alkyl halides is 3. The lowest BCUT2D eigenvalue weighted by atomic mass is 9.97. The summed E-state index contributed by atoms with van der Waals surface area (Å²) in [4.78, 5) is 4.96. The van der Waals surface area contributed by atoms with Gasteiger partial charge >= 0.3 is 6.18 Å². The van der Waals surface area contributed by atoms with Crippen molar-refractivity contribution >= 4 is 11.3 Å². The summed E-state index contributed by atoms with van der Waals surface area (Å²) >= 11 is 1.46. The third kappa shape index (κ3) is 4.28. The van der Waals surface area contributed by atoms with E-state index in [1.807, 2.05) is 6.92 Å². The van der Waals surface area contributed by atoms with Crippen LogP contribution in [0.4, 0.5) is 13.2 Å². The minimum atomic E-state index is -4.34. The zero-order chi connectivity index (χ0) is 15.3. The topological polar surface area (TPSA) is 24.9 Å². The van der Waals surface area contributed by atoms with Crippen LogP contribution in [0.15, 0.2) is 36.0 Å². The van der Waals surface area contributed by atoms with Gasteiger partial charge in [-0.3, -0.25) is 4.98 Å². The van der Waals surface area contributed by atoms with E-state index in [-0.39, 0.29) is 6.04 Å². The molecule has 2 rings (SSSR count). The van der Waals surface area contributed by atoms with Crippen molar-refractivity contribution in [3.8, 4) is 0 Å². The first kappa shape index (κ1) is 16.0. The Morgan fingerprint density at radius 1 is 1.29 bits per heavy atom. The highest BCUT2D eigenvalue weighted by Crippen LogP contribution is 2.35. The van der Waals surface area contributed by atoms with Gasteiger partial charge in [0.25, 0.3) is 0 Å². The molecular formula is C15H17F3N2S. The first-order chi connectivity index (χ1) is 10.0. The predicted octanol–water partition coefficient (Wildman–Crippen LogP) is 4.45. The molecule has 6 heteroatoms. The van der Waals surface area contributed by atoms with E-state index < -0.39 is 11.7 Å². The van der Waals surface area contributed by atoms with Crippen molar-refractivity contribution in [2.75, 3.05) is 6.54 Å². The van der Waals surface area contributed by atoms with Crippen LogP contribution in [-0.2, 0) is 12.6 Å². The fourth-order valence-electron chi connectivity index (χ4n) is 2.21. The molecule has 21 heavy (non-hydrogen) atoms. The van der Waals surface area contributed by atoms with Crippen molar-refractivity contribution in [1.82, 2.24) is 10.3 Å². The molecule has 0 fully saturated rings. The molecule has 0 spiro atoms. The van der Waals surface area contributed by atoms with Gasteiger partial charge in [0.2, 0.25) is 0 Å². The Bertz CT molecular complexity index is 552. The van der Waals surface area contributed by atoms with E-state index in [1.54, 1.807) is 23.8 Å². The second-order valence-electron chi connectivity index (χ2n) is 4.76. The van der Waals surface area contributed by atoms with Crippen LogP contribution in [-0.4, -0.2) is 11.5 Å². The third-order valence-corrected chi connectivity index (χ3v) is 3.97. The summed E-state index contributed by atoms with van der Waals surface area (Å²) in [5.41, 5.74) is 1.43. The zero-order valence-electron chi connectivity index (χ0n) is 11.7. The molecule has 2 aromatic rings. The monoisotopic (exact) mass is 314 g/mol. The van der Waals surface area contributed by atoms with Gasteiger partial charge in [0.15, 0.2) is 0 Å². The largest absolute Gasteiger partial charge is 0.416 e. The lowest BCUT2D eigenvalue weighted by Crippen LogP contribution is -2.26. The number of aromatic nitrogens is 1. The molecule has 1 atom stereocenters. The molecule has 0 saturated heterocycles. The van der Waals surface area contributed by atoms with E-state index >= 15 is 0 Å². The molecule has 1 aromatic carbocycles. The molecule has 0 aliphatic heterocycles. The van der Waals surface area contributed by atoms with E-state index in [0.29, 0.717) is 18.5 Å². The highest BCUT2D eigenvalue weighted by atomic mass is 32.1. The summed E-state index contributed by atoms with van der Waals surface area (Å²) in [5.74, 6) is 0. The van der Waals surface area contributed by atoms with E-state index in [1.165, 1.54) is 17.4 Å². The van der Waals surface area contributed by atoms with E-state index in [0.717, 1.165) is 17.4 Å². The highest BCUT2D eigenvalue weighted by molar-refractivity contribution is 7.09. The van der Waals surface area contributed by atoms with E-state index in [4.69, 9.17) is 0 Å². The summed E-state index contributed by atoms with van der Waals surface area (Å²) in [6.07, 6.45) is -1.25. The summed E-state index contributed by atoms with van der Waals surface area (Å²) in [6.45, 7) is 2.67. The normalized spacial score (nSPS) is 13.3. The van der Waals surface area contributed by atoms with Crippen LogP contribution in [0.5, 0.6) is 0 Å². The number of nitrogens with zero attached hydrogens (tertiary/aromatic N) is 1. The number of hydrogen-bond acceptors (Lipinski definition) is 3. The Hall–Kier alpha value is -1.40. The second-order valence-corrected chi connectivity index (χ2v) is 5.73. The molecule has 1 heterocycles. The summed E-state index contributed by atoms with van der Waals surface area (Å²) in [5, 5.41) is 3.22. The van der Waals surface area contributed by atoms with Gasteiger partial charge in [0, 0.05) is 23.5 Å². The van der Waals surface area contributed by atoms with Crippen molar-refractivity contribution in [2.45, 2.75) is 32.0 Å². The average molecular weight is 314 g/mol. The molecule has 2 nitrogen and oxygen atoms in total. The molecule has 0 bridgehead atoms. The molecule has 0 saturated carbocycles. The van der Waals surface area contributed by atoms with Gasteiger partial charge in [0.1, 0.15) is 0 Å². The summed E-state index contributed by atoms with van der Waals surface area (Å²) in [6, 6.07) is 5.41. The number of thiazole rings is 1.